The third-order valence-electron chi connectivity index (χ3n) is 3.11. The van der Waals surface area contributed by atoms with Crippen LogP contribution >= 0.6 is 12.2 Å². The molecule has 0 aromatic heterocycles. The van der Waals surface area contributed by atoms with E-state index in [1.54, 1.807) is 6.92 Å². The fraction of sp³-hybridized carbons (Fsp3) is 0.500. The summed E-state index contributed by atoms with van der Waals surface area (Å²) in [5, 5.41) is 7.01. The molecule has 0 radical (unpaired) electrons. The van der Waals surface area contributed by atoms with E-state index in [0.717, 1.165) is 37.9 Å². The number of nitrogens with one attached hydrogen (secondary N) is 2. The van der Waals surface area contributed by atoms with Crippen molar-refractivity contribution in [3.63, 3.8) is 0 Å². The smallest absolute Gasteiger partial charge is 0.170 e. The van der Waals surface area contributed by atoms with Crippen LogP contribution in [0.5, 0.6) is 0 Å². The largest absolute Gasteiger partial charge is 0.362 e. The van der Waals surface area contributed by atoms with Crippen LogP contribution in [0.1, 0.15) is 45.1 Å². The average molecular weight is 292 g/mol. The number of thiocarbonyl (C=S) groups is 1. The zero-order valence-electron chi connectivity index (χ0n) is 12.4. The van der Waals surface area contributed by atoms with E-state index < -0.39 is 0 Å². The van der Waals surface area contributed by atoms with Crippen LogP contribution < -0.4 is 10.6 Å². The highest BCUT2D eigenvalue weighted by Gasteiger charge is 1.98. The van der Waals surface area contributed by atoms with E-state index in [2.05, 4.69) is 29.7 Å². The van der Waals surface area contributed by atoms with Crippen molar-refractivity contribution in [1.82, 2.24) is 5.32 Å². The lowest BCUT2D eigenvalue weighted by Gasteiger charge is -2.10. The van der Waals surface area contributed by atoms with E-state index in [1.807, 2.05) is 12.1 Å². The lowest BCUT2D eigenvalue weighted by atomic mass is 10.1. The van der Waals surface area contributed by atoms with Gasteiger partial charge in [-0.3, -0.25) is 0 Å². The molecule has 0 aliphatic heterocycles. The van der Waals surface area contributed by atoms with Crippen LogP contribution in [0.15, 0.2) is 24.3 Å². The van der Waals surface area contributed by atoms with Gasteiger partial charge in [-0.2, -0.15) is 0 Å². The average Bonchev–Trinajstić information content (AvgIpc) is 2.43. The molecule has 0 amide bonds. The fourth-order valence-corrected chi connectivity index (χ4v) is 2.10. The Kier molecular flexibility index (Phi) is 7.88. The molecule has 110 valence electrons. The van der Waals surface area contributed by atoms with Crippen LogP contribution in [0.2, 0.25) is 0 Å². The third kappa shape index (κ3) is 7.24. The van der Waals surface area contributed by atoms with E-state index in [1.165, 1.54) is 5.56 Å². The molecule has 1 aromatic carbocycles. The molecule has 0 fully saturated rings. The molecule has 0 unspecified atom stereocenters. The van der Waals surface area contributed by atoms with E-state index in [9.17, 15) is 4.79 Å². The number of unbranched alkanes of at least 4 members (excludes halogenated alkanes) is 2. The zero-order chi connectivity index (χ0) is 14.8. The molecule has 0 saturated carbocycles. The maximum Gasteiger partial charge on any atom is 0.170 e. The number of anilines is 1. The summed E-state index contributed by atoms with van der Waals surface area (Å²) in [4.78, 5) is 10.8. The standard InChI is InChI=1S/C16H24N2OS/c1-3-14-8-10-15(11-9-14)18-16(20)17-12-6-4-5-7-13(2)19/h8-11H,3-7,12H2,1-2H3,(H2,17,18,20). The van der Waals surface area contributed by atoms with Gasteiger partial charge in [-0.05, 0) is 56.1 Å². The van der Waals surface area contributed by atoms with Gasteiger partial charge >= 0.3 is 0 Å². The molecule has 2 N–H and O–H groups in total. The zero-order valence-corrected chi connectivity index (χ0v) is 13.2. The Morgan fingerprint density at radius 1 is 1.15 bits per heavy atom. The van der Waals surface area contributed by atoms with Crippen molar-refractivity contribution in [2.45, 2.75) is 46.0 Å². The fourth-order valence-electron chi connectivity index (χ4n) is 1.88. The molecule has 0 spiro atoms. The Morgan fingerprint density at radius 2 is 1.85 bits per heavy atom. The molecular formula is C16H24N2OS. The molecule has 4 heteroatoms. The van der Waals surface area contributed by atoms with Crippen LogP contribution in [0, 0.1) is 0 Å². The number of benzene rings is 1. The van der Waals surface area contributed by atoms with Crippen LogP contribution in [0.3, 0.4) is 0 Å². The van der Waals surface area contributed by atoms with Crippen LogP contribution in [-0.2, 0) is 11.2 Å². The van der Waals surface area contributed by atoms with Crippen molar-refractivity contribution in [1.29, 1.82) is 0 Å². The Balaban J connectivity index is 2.15. The van der Waals surface area contributed by atoms with Crippen molar-refractivity contribution < 1.29 is 4.79 Å². The summed E-state index contributed by atoms with van der Waals surface area (Å²) >= 11 is 5.24. The summed E-state index contributed by atoms with van der Waals surface area (Å²) in [6.45, 7) is 4.62. The number of rotatable bonds is 8. The van der Waals surface area contributed by atoms with Gasteiger partial charge in [0.25, 0.3) is 0 Å². The minimum Gasteiger partial charge on any atom is -0.362 e. The molecule has 0 atom stereocenters. The number of carbonyl (C=O) groups is 1. The molecule has 3 nitrogen and oxygen atoms in total. The monoisotopic (exact) mass is 292 g/mol. The van der Waals surface area contributed by atoms with E-state index in [0.29, 0.717) is 11.5 Å². The van der Waals surface area contributed by atoms with E-state index in [4.69, 9.17) is 12.2 Å². The predicted molar refractivity (Wildman–Crippen MR) is 89.2 cm³/mol. The quantitative estimate of drug-likeness (QED) is 0.566. The number of aryl methyl sites for hydroxylation is 1. The van der Waals surface area contributed by atoms with Gasteiger partial charge in [-0.25, -0.2) is 0 Å². The topological polar surface area (TPSA) is 41.1 Å². The molecule has 1 rings (SSSR count). The van der Waals surface area contributed by atoms with Gasteiger partial charge in [0.2, 0.25) is 0 Å². The predicted octanol–water partition coefficient (Wildman–Crippen LogP) is 3.68. The first-order valence-electron chi connectivity index (χ1n) is 7.25. The number of carbonyl (C=O) groups excluding carboxylic acids is 1. The first-order chi connectivity index (χ1) is 9.61. The number of hydrogen-bond acceptors (Lipinski definition) is 2. The number of ketones is 1. The van der Waals surface area contributed by atoms with Gasteiger partial charge in [0.05, 0.1) is 0 Å². The second kappa shape index (κ2) is 9.48. The molecule has 1 aromatic rings. The Bertz CT molecular complexity index is 429. The van der Waals surface area contributed by atoms with Crippen molar-refractivity contribution in [2.75, 3.05) is 11.9 Å². The number of Topliss-reactive ketones (excluding diaryl/α,β-unsaturated/α-hetero) is 1. The highest BCUT2D eigenvalue weighted by Crippen LogP contribution is 2.09. The second-order valence-corrected chi connectivity index (χ2v) is 5.35. The molecule has 0 aliphatic rings. The maximum absolute atomic E-state index is 10.8. The van der Waals surface area contributed by atoms with E-state index >= 15 is 0 Å². The molecule has 20 heavy (non-hydrogen) atoms. The van der Waals surface area contributed by atoms with Crippen LogP contribution in [0.4, 0.5) is 5.69 Å². The molecular weight excluding hydrogens is 268 g/mol. The highest BCUT2D eigenvalue weighted by molar-refractivity contribution is 7.80. The number of hydrogen-bond donors (Lipinski definition) is 2. The normalized spacial score (nSPS) is 10.1. The SMILES string of the molecule is CCc1ccc(NC(=S)NCCCCCC(C)=O)cc1. The van der Waals surface area contributed by atoms with Gasteiger partial charge in [-0.1, -0.05) is 25.5 Å². The minimum absolute atomic E-state index is 0.269. The Labute approximate surface area is 127 Å². The molecule has 0 bridgehead atoms. The van der Waals surface area contributed by atoms with Gasteiger partial charge in [0.1, 0.15) is 5.78 Å². The summed E-state index contributed by atoms with van der Waals surface area (Å²) in [5.74, 6) is 0.269. The van der Waals surface area contributed by atoms with Gasteiger partial charge in [0.15, 0.2) is 5.11 Å². The Morgan fingerprint density at radius 3 is 2.45 bits per heavy atom. The highest BCUT2D eigenvalue weighted by atomic mass is 32.1. The summed E-state index contributed by atoms with van der Waals surface area (Å²) in [6, 6.07) is 8.29. The van der Waals surface area contributed by atoms with Gasteiger partial charge in [0, 0.05) is 18.7 Å². The first-order valence-corrected chi connectivity index (χ1v) is 7.66. The van der Waals surface area contributed by atoms with E-state index in [-0.39, 0.29) is 5.78 Å². The minimum atomic E-state index is 0.269. The van der Waals surface area contributed by atoms with Crippen molar-refractivity contribution in [3.8, 4) is 0 Å². The second-order valence-electron chi connectivity index (χ2n) is 4.94. The molecule has 0 heterocycles. The first kappa shape index (κ1) is 16.6. The lowest BCUT2D eigenvalue weighted by Crippen LogP contribution is -2.29. The van der Waals surface area contributed by atoms with Crippen molar-refractivity contribution >= 4 is 28.8 Å². The lowest BCUT2D eigenvalue weighted by molar-refractivity contribution is -0.117. The van der Waals surface area contributed by atoms with Crippen LogP contribution in [0.25, 0.3) is 0 Å². The summed E-state index contributed by atoms with van der Waals surface area (Å²) in [7, 11) is 0. The molecule has 0 saturated heterocycles. The summed E-state index contributed by atoms with van der Waals surface area (Å²) in [6.07, 6.45) is 4.79. The Hall–Kier alpha value is -1.42. The molecule has 0 aliphatic carbocycles. The van der Waals surface area contributed by atoms with Crippen molar-refractivity contribution in [2.24, 2.45) is 0 Å². The maximum atomic E-state index is 10.8. The third-order valence-corrected chi connectivity index (χ3v) is 3.36. The van der Waals surface area contributed by atoms with Gasteiger partial charge < -0.3 is 15.4 Å². The summed E-state index contributed by atoms with van der Waals surface area (Å²) < 4.78 is 0. The van der Waals surface area contributed by atoms with Crippen molar-refractivity contribution in [3.05, 3.63) is 29.8 Å². The van der Waals surface area contributed by atoms with Gasteiger partial charge in [-0.15, -0.1) is 0 Å². The summed E-state index contributed by atoms with van der Waals surface area (Å²) in [5.41, 5.74) is 2.33. The van der Waals surface area contributed by atoms with Crippen LogP contribution in [-0.4, -0.2) is 17.4 Å².